The Morgan fingerprint density at radius 3 is 3.00 bits per heavy atom. The van der Waals surface area contributed by atoms with Crippen LogP contribution in [-0.2, 0) is 9.53 Å². The van der Waals surface area contributed by atoms with Gasteiger partial charge in [-0.25, -0.2) is 0 Å². The lowest BCUT2D eigenvalue weighted by atomic mass is 10.3. The molecule has 0 unspecified atom stereocenters. The fourth-order valence-corrected chi connectivity index (χ4v) is 2.05. The third-order valence-corrected chi connectivity index (χ3v) is 3.43. The van der Waals surface area contributed by atoms with Crippen molar-refractivity contribution in [3.8, 4) is 0 Å². The smallest absolute Gasteiger partial charge is 0.239 e. The molecule has 4 nitrogen and oxygen atoms in total. The van der Waals surface area contributed by atoms with Gasteiger partial charge in [-0.15, -0.1) is 0 Å². The van der Waals surface area contributed by atoms with Gasteiger partial charge < -0.3 is 15.4 Å². The third kappa shape index (κ3) is 5.69. The van der Waals surface area contributed by atoms with Crippen LogP contribution in [-0.4, -0.2) is 32.7 Å². The fourth-order valence-electron chi connectivity index (χ4n) is 1.16. The zero-order valence-electron chi connectivity index (χ0n) is 9.43. The van der Waals surface area contributed by atoms with Crippen LogP contribution in [0.15, 0.2) is 22.7 Å². The molecule has 2 N–H and O–H groups in total. The van der Waals surface area contributed by atoms with Crippen molar-refractivity contribution in [1.29, 1.82) is 0 Å². The maximum absolute atomic E-state index is 11.4. The Labute approximate surface area is 123 Å². The van der Waals surface area contributed by atoms with Gasteiger partial charge in [-0.05, 0) is 40.8 Å². The van der Waals surface area contributed by atoms with Gasteiger partial charge in [0.15, 0.2) is 0 Å². The first-order chi connectivity index (χ1) is 8.13. The summed E-state index contributed by atoms with van der Waals surface area (Å²) in [6, 6.07) is 5.89. The molecule has 1 aromatic carbocycles. The number of hydrogen-bond donors (Lipinski definition) is 2. The van der Waals surface area contributed by atoms with Crippen molar-refractivity contribution in [2.45, 2.75) is 0 Å². The molecule has 0 atom stereocenters. The van der Waals surface area contributed by atoms with Gasteiger partial charge >= 0.3 is 0 Å². The molecule has 0 aromatic heterocycles. The molecule has 1 aromatic rings. The minimum Gasteiger partial charge on any atom is -0.383 e. The lowest BCUT2D eigenvalue weighted by Gasteiger charge is -2.09. The van der Waals surface area contributed by atoms with E-state index < -0.39 is 0 Å². The predicted molar refractivity (Wildman–Crippen MR) is 80.2 cm³/mol. The third-order valence-electron chi connectivity index (χ3n) is 2.00. The molecular formula is C11H14BrIN2O2. The van der Waals surface area contributed by atoms with Crippen molar-refractivity contribution >= 4 is 50.1 Å². The van der Waals surface area contributed by atoms with Gasteiger partial charge in [0, 0.05) is 27.4 Å². The van der Waals surface area contributed by atoms with Crippen LogP contribution in [0.5, 0.6) is 0 Å². The largest absolute Gasteiger partial charge is 0.383 e. The van der Waals surface area contributed by atoms with E-state index >= 15 is 0 Å². The maximum Gasteiger partial charge on any atom is 0.239 e. The molecule has 0 aliphatic heterocycles. The molecule has 0 heterocycles. The first-order valence-electron chi connectivity index (χ1n) is 5.08. The van der Waals surface area contributed by atoms with Crippen molar-refractivity contribution in [3.63, 3.8) is 0 Å². The van der Waals surface area contributed by atoms with E-state index in [1.165, 1.54) is 0 Å². The molecule has 0 saturated carbocycles. The Hall–Kier alpha value is -0.340. The van der Waals surface area contributed by atoms with E-state index in [9.17, 15) is 4.79 Å². The van der Waals surface area contributed by atoms with Crippen LogP contribution in [0.3, 0.4) is 0 Å². The second-order valence-electron chi connectivity index (χ2n) is 3.32. The molecule has 17 heavy (non-hydrogen) atoms. The number of rotatable bonds is 6. The number of hydrogen-bond acceptors (Lipinski definition) is 3. The number of ether oxygens (including phenoxy) is 1. The molecule has 0 saturated heterocycles. The molecular weight excluding hydrogens is 399 g/mol. The second kappa shape index (κ2) is 7.88. The van der Waals surface area contributed by atoms with Crippen LogP contribution in [0.1, 0.15) is 0 Å². The number of nitrogens with one attached hydrogen (secondary N) is 2. The average Bonchev–Trinajstić information content (AvgIpc) is 2.31. The minimum absolute atomic E-state index is 0.0437. The van der Waals surface area contributed by atoms with E-state index in [4.69, 9.17) is 4.74 Å². The zero-order valence-corrected chi connectivity index (χ0v) is 13.2. The van der Waals surface area contributed by atoms with Crippen molar-refractivity contribution in [2.75, 3.05) is 32.1 Å². The molecule has 0 bridgehead atoms. The van der Waals surface area contributed by atoms with E-state index in [1.54, 1.807) is 7.11 Å². The van der Waals surface area contributed by atoms with E-state index in [2.05, 4.69) is 49.2 Å². The second-order valence-corrected chi connectivity index (χ2v) is 5.40. The Kier molecular flexibility index (Phi) is 6.83. The van der Waals surface area contributed by atoms with Gasteiger partial charge in [-0.1, -0.05) is 15.9 Å². The van der Waals surface area contributed by atoms with E-state index in [0.717, 1.165) is 13.7 Å². The quantitative estimate of drug-likeness (QED) is 0.556. The summed E-state index contributed by atoms with van der Waals surface area (Å²) in [4.78, 5) is 11.4. The van der Waals surface area contributed by atoms with Crippen LogP contribution < -0.4 is 10.6 Å². The van der Waals surface area contributed by atoms with Gasteiger partial charge in [0.2, 0.25) is 5.91 Å². The normalized spacial score (nSPS) is 10.1. The first-order valence-corrected chi connectivity index (χ1v) is 6.95. The molecule has 1 rings (SSSR count). The number of carbonyl (C=O) groups excluding carboxylic acids is 1. The SMILES string of the molecule is COCCNC(=O)CNc1cc(Br)ccc1I. The van der Waals surface area contributed by atoms with Gasteiger partial charge in [0.1, 0.15) is 0 Å². The highest BCUT2D eigenvalue weighted by molar-refractivity contribution is 14.1. The summed E-state index contributed by atoms with van der Waals surface area (Å²) < 4.78 is 6.91. The number of benzene rings is 1. The molecule has 6 heteroatoms. The summed E-state index contributed by atoms with van der Waals surface area (Å²) in [5.41, 5.74) is 0.946. The van der Waals surface area contributed by atoms with Gasteiger partial charge in [-0.2, -0.15) is 0 Å². The minimum atomic E-state index is -0.0437. The Bertz CT molecular complexity index is 388. The van der Waals surface area contributed by atoms with Gasteiger partial charge in [0.25, 0.3) is 0 Å². The highest BCUT2D eigenvalue weighted by atomic mass is 127. The Morgan fingerprint density at radius 2 is 2.29 bits per heavy atom. The van der Waals surface area contributed by atoms with E-state index in [1.807, 2.05) is 18.2 Å². The fraction of sp³-hybridized carbons (Fsp3) is 0.364. The summed E-state index contributed by atoms with van der Waals surface area (Å²) >= 11 is 5.62. The number of anilines is 1. The maximum atomic E-state index is 11.4. The molecule has 0 aliphatic rings. The van der Waals surface area contributed by atoms with Gasteiger partial charge in [0.05, 0.1) is 13.2 Å². The molecule has 94 valence electrons. The standard InChI is InChI=1S/C11H14BrIN2O2/c1-17-5-4-14-11(16)7-15-10-6-8(12)2-3-9(10)13/h2-3,6,15H,4-5,7H2,1H3,(H,14,16). The summed E-state index contributed by atoms with van der Waals surface area (Å²) in [5, 5.41) is 5.84. The van der Waals surface area contributed by atoms with Crippen LogP contribution in [0.4, 0.5) is 5.69 Å². The number of methoxy groups -OCH3 is 1. The monoisotopic (exact) mass is 412 g/mol. The lowest BCUT2D eigenvalue weighted by Crippen LogP contribution is -2.32. The van der Waals surface area contributed by atoms with Crippen LogP contribution in [0.2, 0.25) is 0 Å². The van der Waals surface area contributed by atoms with Crippen LogP contribution in [0, 0.1) is 3.57 Å². The molecule has 1 amide bonds. The molecule has 0 spiro atoms. The van der Waals surface area contributed by atoms with Crippen LogP contribution in [0.25, 0.3) is 0 Å². The van der Waals surface area contributed by atoms with Crippen molar-refractivity contribution in [2.24, 2.45) is 0 Å². The molecule has 0 aliphatic carbocycles. The molecule has 0 radical (unpaired) electrons. The van der Waals surface area contributed by atoms with Gasteiger partial charge in [-0.3, -0.25) is 4.79 Å². The van der Waals surface area contributed by atoms with Crippen molar-refractivity contribution < 1.29 is 9.53 Å². The zero-order chi connectivity index (χ0) is 12.7. The topological polar surface area (TPSA) is 50.4 Å². The number of halogens is 2. The average molecular weight is 413 g/mol. The molecule has 0 fully saturated rings. The highest BCUT2D eigenvalue weighted by Gasteiger charge is 2.03. The predicted octanol–water partition coefficient (Wildman–Crippen LogP) is 2.23. The summed E-state index contributed by atoms with van der Waals surface area (Å²) in [7, 11) is 1.61. The van der Waals surface area contributed by atoms with Crippen molar-refractivity contribution in [1.82, 2.24) is 5.32 Å². The summed E-state index contributed by atoms with van der Waals surface area (Å²) in [5.74, 6) is -0.0437. The first kappa shape index (κ1) is 14.7. The summed E-state index contributed by atoms with van der Waals surface area (Å²) in [6.45, 7) is 1.32. The number of amides is 1. The number of carbonyl (C=O) groups is 1. The summed E-state index contributed by atoms with van der Waals surface area (Å²) in [6.07, 6.45) is 0. The van der Waals surface area contributed by atoms with Crippen LogP contribution >= 0.6 is 38.5 Å². The van der Waals surface area contributed by atoms with E-state index in [0.29, 0.717) is 13.2 Å². The van der Waals surface area contributed by atoms with E-state index in [-0.39, 0.29) is 12.5 Å². The Morgan fingerprint density at radius 1 is 1.53 bits per heavy atom. The van der Waals surface area contributed by atoms with Crippen molar-refractivity contribution in [3.05, 3.63) is 26.2 Å². The highest BCUT2D eigenvalue weighted by Crippen LogP contribution is 2.22. The Balaban J connectivity index is 2.39. The lowest BCUT2D eigenvalue weighted by molar-refractivity contribution is -0.119.